The molecule has 2 N–H and O–H groups in total. The van der Waals surface area contributed by atoms with Crippen LogP contribution in [0.1, 0.15) is 13.3 Å². The van der Waals surface area contributed by atoms with Gasteiger partial charge in [-0.05, 0) is 41.1 Å². The van der Waals surface area contributed by atoms with E-state index >= 15 is 0 Å². The standard InChI is InChI=1S/C12H15BrFNO3/c1-2-18-12(17)6-9(16)7-15-8-3-4-10(13)11(14)5-8/h3-5,9,15-16H,2,6-7H2,1H3. The second kappa shape index (κ2) is 7.33. The number of esters is 1. The van der Waals surface area contributed by atoms with Crippen LogP contribution >= 0.6 is 15.9 Å². The maximum absolute atomic E-state index is 13.2. The summed E-state index contributed by atoms with van der Waals surface area (Å²) in [6.45, 7) is 2.14. The van der Waals surface area contributed by atoms with Crippen LogP contribution in [0.5, 0.6) is 0 Å². The Kier molecular flexibility index (Phi) is 6.07. The van der Waals surface area contributed by atoms with Crippen LogP contribution in [0.15, 0.2) is 22.7 Å². The molecule has 0 fully saturated rings. The van der Waals surface area contributed by atoms with Crippen molar-refractivity contribution in [1.82, 2.24) is 0 Å². The molecular formula is C12H15BrFNO3. The minimum Gasteiger partial charge on any atom is -0.466 e. The van der Waals surface area contributed by atoms with Crippen LogP contribution in [-0.2, 0) is 9.53 Å². The van der Waals surface area contributed by atoms with Crippen molar-refractivity contribution in [2.24, 2.45) is 0 Å². The molecule has 1 atom stereocenters. The molecule has 0 aliphatic carbocycles. The Morgan fingerprint density at radius 1 is 1.61 bits per heavy atom. The molecule has 0 saturated carbocycles. The summed E-state index contributed by atoms with van der Waals surface area (Å²) in [4.78, 5) is 11.1. The molecule has 0 amide bonds. The molecule has 0 aliphatic heterocycles. The molecular weight excluding hydrogens is 305 g/mol. The van der Waals surface area contributed by atoms with Crippen LogP contribution in [0, 0.1) is 5.82 Å². The van der Waals surface area contributed by atoms with Gasteiger partial charge in [0.1, 0.15) is 5.82 Å². The number of carbonyl (C=O) groups excluding carboxylic acids is 1. The van der Waals surface area contributed by atoms with Crippen LogP contribution in [-0.4, -0.2) is 30.3 Å². The third-order valence-electron chi connectivity index (χ3n) is 2.17. The average molecular weight is 320 g/mol. The maximum Gasteiger partial charge on any atom is 0.308 e. The number of rotatable bonds is 6. The number of aliphatic hydroxyl groups excluding tert-OH is 1. The number of anilines is 1. The predicted octanol–water partition coefficient (Wildman–Crippen LogP) is 2.31. The molecule has 0 bridgehead atoms. The maximum atomic E-state index is 13.2. The first-order valence-electron chi connectivity index (χ1n) is 5.55. The van der Waals surface area contributed by atoms with Crippen molar-refractivity contribution in [3.63, 3.8) is 0 Å². The molecule has 0 aromatic heterocycles. The monoisotopic (exact) mass is 319 g/mol. The Balaban J connectivity index is 2.40. The van der Waals surface area contributed by atoms with Gasteiger partial charge in [0.05, 0.1) is 23.6 Å². The van der Waals surface area contributed by atoms with Crippen molar-refractivity contribution in [3.05, 3.63) is 28.5 Å². The highest BCUT2D eigenvalue weighted by Crippen LogP contribution is 2.19. The van der Waals surface area contributed by atoms with Crippen molar-refractivity contribution < 1.29 is 19.0 Å². The van der Waals surface area contributed by atoms with Crippen LogP contribution in [0.2, 0.25) is 0 Å². The van der Waals surface area contributed by atoms with Gasteiger partial charge in [0, 0.05) is 12.2 Å². The summed E-state index contributed by atoms with van der Waals surface area (Å²) in [7, 11) is 0. The molecule has 0 saturated heterocycles. The number of benzene rings is 1. The Morgan fingerprint density at radius 3 is 2.94 bits per heavy atom. The number of nitrogens with one attached hydrogen (secondary N) is 1. The number of hydrogen-bond acceptors (Lipinski definition) is 4. The van der Waals surface area contributed by atoms with Crippen LogP contribution < -0.4 is 5.32 Å². The molecule has 1 rings (SSSR count). The van der Waals surface area contributed by atoms with Gasteiger partial charge < -0.3 is 15.2 Å². The zero-order valence-corrected chi connectivity index (χ0v) is 11.5. The summed E-state index contributed by atoms with van der Waals surface area (Å²) < 4.78 is 18.3. The zero-order valence-electron chi connectivity index (χ0n) is 9.95. The van der Waals surface area contributed by atoms with Crippen molar-refractivity contribution in [2.75, 3.05) is 18.5 Å². The molecule has 0 spiro atoms. The lowest BCUT2D eigenvalue weighted by atomic mass is 10.2. The first-order chi connectivity index (χ1) is 8.52. The predicted molar refractivity (Wildman–Crippen MR) is 69.8 cm³/mol. The van der Waals surface area contributed by atoms with E-state index in [0.29, 0.717) is 10.2 Å². The molecule has 18 heavy (non-hydrogen) atoms. The molecule has 0 aliphatic rings. The molecule has 100 valence electrons. The molecule has 1 aromatic rings. The van der Waals surface area contributed by atoms with Crippen LogP contribution in [0.3, 0.4) is 0 Å². The van der Waals surface area contributed by atoms with Gasteiger partial charge in [-0.1, -0.05) is 0 Å². The van der Waals surface area contributed by atoms with E-state index in [4.69, 9.17) is 4.74 Å². The van der Waals surface area contributed by atoms with Gasteiger partial charge >= 0.3 is 5.97 Å². The molecule has 0 radical (unpaired) electrons. The first kappa shape index (κ1) is 14.9. The smallest absolute Gasteiger partial charge is 0.308 e. The number of aliphatic hydroxyl groups is 1. The fourth-order valence-electron chi connectivity index (χ4n) is 1.33. The number of ether oxygens (including phenoxy) is 1. The molecule has 4 nitrogen and oxygen atoms in total. The van der Waals surface area contributed by atoms with Gasteiger partial charge in [0.25, 0.3) is 0 Å². The van der Waals surface area contributed by atoms with E-state index in [0.717, 1.165) is 0 Å². The van der Waals surface area contributed by atoms with Crippen molar-refractivity contribution in [1.29, 1.82) is 0 Å². The van der Waals surface area contributed by atoms with Crippen molar-refractivity contribution in [2.45, 2.75) is 19.4 Å². The van der Waals surface area contributed by atoms with Gasteiger partial charge in [-0.15, -0.1) is 0 Å². The highest BCUT2D eigenvalue weighted by Gasteiger charge is 2.11. The minimum atomic E-state index is -0.865. The summed E-state index contributed by atoms with van der Waals surface area (Å²) in [5, 5.41) is 12.4. The second-order valence-electron chi connectivity index (χ2n) is 3.67. The Hall–Kier alpha value is -1.14. The van der Waals surface area contributed by atoms with Gasteiger partial charge in [-0.2, -0.15) is 0 Å². The average Bonchev–Trinajstić information content (AvgIpc) is 2.31. The highest BCUT2D eigenvalue weighted by molar-refractivity contribution is 9.10. The molecule has 6 heteroatoms. The fourth-order valence-corrected chi connectivity index (χ4v) is 1.57. The van der Waals surface area contributed by atoms with E-state index in [1.807, 2.05) is 0 Å². The van der Waals surface area contributed by atoms with E-state index in [-0.39, 0.29) is 25.4 Å². The van der Waals surface area contributed by atoms with Gasteiger partial charge in [0.15, 0.2) is 0 Å². The lowest BCUT2D eigenvalue weighted by Crippen LogP contribution is -2.23. The highest BCUT2D eigenvalue weighted by atomic mass is 79.9. The third-order valence-corrected chi connectivity index (χ3v) is 2.81. The lowest BCUT2D eigenvalue weighted by molar-refractivity contribution is -0.145. The Morgan fingerprint density at radius 2 is 2.33 bits per heavy atom. The first-order valence-corrected chi connectivity index (χ1v) is 6.34. The summed E-state index contributed by atoms with van der Waals surface area (Å²) in [6.07, 6.45) is -0.949. The summed E-state index contributed by atoms with van der Waals surface area (Å²) in [6, 6.07) is 4.54. The van der Waals surface area contributed by atoms with Crippen molar-refractivity contribution >= 4 is 27.6 Å². The third kappa shape index (κ3) is 5.01. The van der Waals surface area contributed by atoms with E-state index in [1.54, 1.807) is 19.1 Å². The van der Waals surface area contributed by atoms with Crippen LogP contribution in [0.25, 0.3) is 0 Å². The molecule has 0 heterocycles. The van der Waals surface area contributed by atoms with E-state index in [1.165, 1.54) is 6.07 Å². The second-order valence-corrected chi connectivity index (χ2v) is 4.53. The zero-order chi connectivity index (χ0) is 13.5. The SMILES string of the molecule is CCOC(=O)CC(O)CNc1ccc(Br)c(F)c1. The van der Waals surface area contributed by atoms with Gasteiger partial charge in [0.2, 0.25) is 0 Å². The summed E-state index contributed by atoms with van der Waals surface area (Å²) >= 11 is 3.05. The summed E-state index contributed by atoms with van der Waals surface area (Å²) in [5.74, 6) is -0.839. The number of hydrogen-bond donors (Lipinski definition) is 2. The largest absolute Gasteiger partial charge is 0.466 e. The van der Waals surface area contributed by atoms with Crippen LogP contribution in [0.4, 0.5) is 10.1 Å². The van der Waals surface area contributed by atoms with Gasteiger partial charge in [-0.25, -0.2) is 4.39 Å². The fraction of sp³-hybridized carbons (Fsp3) is 0.417. The topological polar surface area (TPSA) is 58.6 Å². The molecule has 1 aromatic carbocycles. The quantitative estimate of drug-likeness (QED) is 0.790. The Bertz CT molecular complexity index is 414. The summed E-state index contributed by atoms with van der Waals surface area (Å²) in [5.41, 5.74) is 0.540. The minimum absolute atomic E-state index is 0.0835. The number of halogens is 2. The molecule has 1 unspecified atom stereocenters. The van der Waals surface area contributed by atoms with Gasteiger partial charge in [-0.3, -0.25) is 4.79 Å². The van der Waals surface area contributed by atoms with E-state index < -0.39 is 12.1 Å². The van der Waals surface area contributed by atoms with E-state index in [2.05, 4.69) is 21.2 Å². The van der Waals surface area contributed by atoms with Crippen molar-refractivity contribution in [3.8, 4) is 0 Å². The van der Waals surface area contributed by atoms with E-state index in [9.17, 15) is 14.3 Å². The normalized spacial score (nSPS) is 12.0. The number of carbonyl (C=O) groups is 1. The Labute approximate surface area is 113 Å². The lowest BCUT2D eigenvalue weighted by Gasteiger charge is -2.12.